The van der Waals surface area contributed by atoms with Crippen LogP contribution in [0.25, 0.3) is 0 Å². The van der Waals surface area contributed by atoms with Gasteiger partial charge in [0.25, 0.3) is 0 Å². The molecule has 0 N–H and O–H groups in total. The van der Waals surface area contributed by atoms with Crippen molar-refractivity contribution in [2.24, 2.45) is 11.3 Å². The zero-order valence-corrected chi connectivity index (χ0v) is 14.2. The first kappa shape index (κ1) is 16.4. The Kier molecular flexibility index (Phi) is 5.32. The zero-order valence-electron chi connectivity index (χ0n) is 14.2. The molecule has 0 saturated carbocycles. The second-order valence-electron chi connectivity index (χ2n) is 7.57. The minimum Gasteiger partial charge on any atom is -0.465 e. The number of benzene rings is 1. The average Bonchev–Trinajstić information content (AvgIpc) is 2.40. The van der Waals surface area contributed by atoms with Crippen LogP contribution in [0.1, 0.15) is 65.4 Å². The largest absolute Gasteiger partial charge is 0.465 e. The maximum atomic E-state index is 5.91. The molecule has 1 heterocycles. The van der Waals surface area contributed by atoms with Gasteiger partial charge in [-0.3, -0.25) is 0 Å². The van der Waals surface area contributed by atoms with Crippen LogP contribution in [0.4, 0.5) is 0 Å². The van der Waals surface area contributed by atoms with E-state index >= 15 is 0 Å². The van der Waals surface area contributed by atoms with Crippen LogP contribution >= 0.6 is 0 Å². The summed E-state index contributed by atoms with van der Waals surface area (Å²) in [5.74, 6) is 2.10. The quantitative estimate of drug-likeness (QED) is 0.741. The van der Waals surface area contributed by atoms with E-state index in [1.54, 1.807) is 0 Å². The van der Waals surface area contributed by atoms with Crippen LogP contribution in [0.15, 0.2) is 24.3 Å². The molecule has 118 valence electrons. The van der Waals surface area contributed by atoms with Crippen molar-refractivity contribution in [1.29, 1.82) is 0 Å². The highest BCUT2D eigenvalue weighted by Crippen LogP contribution is 2.41. The molecular formula is C19H30O2. The molecule has 0 spiro atoms. The highest BCUT2D eigenvalue weighted by atomic mass is 16.7. The summed E-state index contributed by atoms with van der Waals surface area (Å²) in [6.07, 6.45) is 3.29. The molecule has 0 radical (unpaired) electrons. The SMILES string of the molecule is CC(C)C(c1ccc(OC2CCCCO2)cc1)C(C)(C)C. The van der Waals surface area contributed by atoms with E-state index in [4.69, 9.17) is 9.47 Å². The van der Waals surface area contributed by atoms with E-state index in [-0.39, 0.29) is 11.7 Å². The third-order valence-electron chi connectivity index (χ3n) is 4.24. The minimum absolute atomic E-state index is 0.0619. The summed E-state index contributed by atoms with van der Waals surface area (Å²) >= 11 is 0. The van der Waals surface area contributed by atoms with Crippen molar-refractivity contribution in [2.75, 3.05) is 6.61 Å². The van der Waals surface area contributed by atoms with E-state index in [2.05, 4.69) is 58.9 Å². The predicted octanol–water partition coefficient (Wildman–Crippen LogP) is 5.38. The first-order chi connectivity index (χ1) is 9.88. The van der Waals surface area contributed by atoms with Crippen LogP contribution in [0, 0.1) is 11.3 Å². The number of hydrogen-bond acceptors (Lipinski definition) is 2. The summed E-state index contributed by atoms with van der Waals surface area (Å²) in [6, 6.07) is 8.62. The van der Waals surface area contributed by atoms with Crippen LogP contribution in [-0.4, -0.2) is 12.9 Å². The molecule has 2 nitrogen and oxygen atoms in total. The lowest BCUT2D eigenvalue weighted by molar-refractivity contribution is -0.105. The molecule has 1 aliphatic rings. The van der Waals surface area contributed by atoms with Gasteiger partial charge < -0.3 is 9.47 Å². The van der Waals surface area contributed by atoms with Gasteiger partial charge in [-0.1, -0.05) is 46.8 Å². The molecule has 2 heteroatoms. The van der Waals surface area contributed by atoms with Gasteiger partial charge in [-0.05, 0) is 47.8 Å². The highest BCUT2D eigenvalue weighted by molar-refractivity contribution is 5.30. The van der Waals surface area contributed by atoms with E-state index in [0.717, 1.165) is 25.2 Å². The van der Waals surface area contributed by atoms with Crippen molar-refractivity contribution in [1.82, 2.24) is 0 Å². The van der Waals surface area contributed by atoms with Crippen LogP contribution in [-0.2, 0) is 4.74 Å². The van der Waals surface area contributed by atoms with Gasteiger partial charge in [0.15, 0.2) is 6.29 Å². The molecule has 0 amide bonds. The van der Waals surface area contributed by atoms with Gasteiger partial charge in [0.05, 0.1) is 6.61 Å². The summed E-state index contributed by atoms with van der Waals surface area (Å²) in [7, 11) is 0. The molecule has 0 bridgehead atoms. The second-order valence-corrected chi connectivity index (χ2v) is 7.57. The van der Waals surface area contributed by atoms with Crippen LogP contribution in [0.2, 0.25) is 0 Å². The Morgan fingerprint density at radius 3 is 2.24 bits per heavy atom. The first-order valence-corrected chi connectivity index (χ1v) is 8.26. The maximum Gasteiger partial charge on any atom is 0.199 e. The third-order valence-corrected chi connectivity index (χ3v) is 4.24. The molecule has 21 heavy (non-hydrogen) atoms. The van der Waals surface area contributed by atoms with Crippen LogP contribution in [0.3, 0.4) is 0 Å². The fourth-order valence-electron chi connectivity index (χ4n) is 3.59. The minimum atomic E-state index is -0.0619. The number of rotatable bonds is 4. The summed E-state index contributed by atoms with van der Waals surface area (Å²) in [6.45, 7) is 12.4. The summed E-state index contributed by atoms with van der Waals surface area (Å²) in [5.41, 5.74) is 1.66. The van der Waals surface area contributed by atoms with E-state index in [0.29, 0.717) is 11.8 Å². The molecule has 2 rings (SSSR count). The summed E-state index contributed by atoms with van der Waals surface area (Å²) in [5, 5.41) is 0. The van der Waals surface area contributed by atoms with Crippen molar-refractivity contribution in [3.63, 3.8) is 0 Å². The Bertz CT molecular complexity index is 422. The van der Waals surface area contributed by atoms with Crippen molar-refractivity contribution in [3.8, 4) is 5.75 Å². The van der Waals surface area contributed by atoms with Crippen molar-refractivity contribution >= 4 is 0 Å². The third kappa shape index (κ3) is 4.47. The van der Waals surface area contributed by atoms with E-state index in [9.17, 15) is 0 Å². The number of ether oxygens (including phenoxy) is 2. The Hall–Kier alpha value is -1.02. The Labute approximate surface area is 129 Å². The van der Waals surface area contributed by atoms with Gasteiger partial charge in [-0.25, -0.2) is 0 Å². The molecule has 1 fully saturated rings. The summed E-state index contributed by atoms with van der Waals surface area (Å²) < 4.78 is 11.5. The van der Waals surface area contributed by atoms with E-state index in [1.807, 2.05) is 0 Å². The predicted molar refractivity (Wildman–Crippen MR) is 87.7 cm³/mol. The van der Waals surface area contributed by atoms with Crippen LogP contribution < -0.4 is 4.74 Å². The van der Waals surface area contributed by atoms with Gasteiger partial charge in [-0.2, -0.15) is 0 Å². The normalized spacial score (nSPS) is 21.3. The maximum absolute atomic E-state index is 5.91. The molecule has 1 aromatic rings. The smallest absolute Gasteiger partial charge is 0.199 e. The molecule has 1 aliphatic heterocycles. The average molecular weight is 290 g/mol. The highest BCUT2D eigenvalue weighted by Gasteiger charge is 2.28. The second kappa shape index (κ2) is 6.83. The van der Waals surface area contributed by atoms with Crippen molar-refractivity contribution in [3.05, 3.63) is 29.8 Å². The molecule has 2 unspecified atom stereocenters. The Morgan fingerprint density at radius 1 is 1.10 bits per heavy atom. The Morgan fingerprint density at radius 2 is 1.76 bits per heavy atom. The van der Waals surface area contributed by atoms with Gasteiger partial charge in [0.2, 0.25) is 0 Å². The van der Waals surface area contributed by atoms with Crippen molar-refractivity contribution < 1.29 is 9.47 Å². The first-order valence-electron chi connectivity index (χ1n) is 8.26. The van der Waals surface area contributed by atoms with Gasteiger partial charge in [0, 0.05) is 6.42 Å². The fraction of sp³-hybridized carbons (Fsp3) is 0.684. The topological polar surface area (TPSA) is 18.5 Å². The molecule has 2 atom stereocenters. The van der Waals surface area contributed by atoms with Crippen LogP contribution in [0.5, 0.6) is 5.75 Å². The number of hydrogen-bond donors (Lipinski definition) is 0. The van der Waals surface area contributed by atoms with Crippen molar-refractivity contribution in [2.45, 2.75) is 66.1 Å². The Balaban J connectivity index is 2.06. The van der Waals surface area contributed by atoms with Gasteiger partial charge >= 0.3 is 0 Å². The molecule has 1 saturated heterocycles. The van der Waals surface area contributed by atoms with E-state index < -0.39 is 0 Å². The molecule has 1 aromatic carbocycles. The molecule has 0 aromatic heterocycles. The fourth-order valence-corrected chi connectivity index (χ4v) is 3.59. The lowest BCUT2D eigenvalue weighted by Crippen LogP contribution is -2.25. The molecule has 0 aliphatic carbocycles. The zero-order chi connectivity index (χ0) is 15.5. The standard InChI is InChI=1S/C19H30O2/c1-14(2)18(19(3,4)5)15-9-11-16(12-10-15)21-17-8-6-7-13-20-17/h9-12,14,17-18H,6-8,13H2,1-5H3. The van der Waals surface area contributed by atoms with E-state index in [1.165, 1.54) is 12.0 Å². The summed E-state index contributed by atoms with van der Waals surface area (Å²) in [4.78, 5) is 0. The lowest BCUT2D eigenvalue weighted by Gasteiger charge is -2.34. The lowest BCUT2D eigenvalue weighted by atomic mass is 9.70. The monoisotopic (exact) mass is 290 g/mol. The molecular weight excluding hydrogens is 260 g/mol. The van der Waals surface area contributed by atoms with Gasteiger partial charge in [-0.15, -0.1) is 0 Å². The van der Waals surface area contributed by atoms with Gasteiger partial charge in [0.1, 0.15) is 5.75 Å².